The highest BCUT2D eigenvalue weighted by Crippen LogP contribution is 2.28. The lowest BCUT2D eigenvalue weighted by molar-refractivity contribution is 0.186. The summed E-state index contributed by atoms with van der Waals surface area (Å²) >= 11 is 0. The molecule has 1 saturated heterocycles. The Morgan fingerprint density at radius 3 is 2.63 bits per heavy atom. The second-order valence-electron chi connectivity index (χ2n) is 7.26. The van der Waals surface area contributed by atoms with Crippen LogP contribution in [0, 0.1) is 6.92 Å². The molecular formula is C19H26N6O2. The van der Waals surface area contributed by atoms with Gasteiger partial charge in [-0.15, -0.1) is 10.2 Å². The molecule has 0 bridgehead atoms. The minimum Gasteiger partial charge on any atom is -0.421 e. The van der Waals surface area contributed by atoms with Gasteiger partial charge in [-0.2, -0.15) is 0 Å². The fourth-order valence-corrected chi connectivity index (χ4v) is 3.86. The highest BCUT2D eigenvalue weighted by Gasteiger charge is 2.26. The third-order valence-electron chi connectivity index (χ3n) is 5.34. The minimum absolute atomic E-state index is 0.0651. The average Bonchev–Trinajstić information content (AvgIpc) is 3.15. The van der Waals surface area contributed by atoms with Crippen molar-refractivity contribution in [2.24, 2.45) is 0 Å². The number of hydrogen-bond donors (Lipinski definition) is 1. The number of urea groups is 1. The van der Waals surface area contributed by atoms with Crippen molar-refractivity contribution < 1.29 is 9.21 Å². The van der Waals surface area contributed by atoms with Crippen LogP contribution in [0.1, 0.15) is 38.0 Å². The van der Waals surface area contributed by atoms with E-state index in [2.05, 4.69) is 25.4 Å². The number of carbonyl (C=O) groups is 1. The van der Waals surface area contributed by atoms with Crippen molar-refractivity contribution >= 4 is 11.8 Å². The molecule has 8 heteroatoms. The van der Waals surface area contributed by atoms with Crippen LogP contribution in [0.25, 0.3) is 11.5 Å². The van der Waals surface area contributed by atoms with E-state index in [-0.39, 0.29) is 6.03 Å². The molecule has 1 saturated carbocycles. The maximum Gasteiger partial charge on any atom is 0.317 e. The maximum absolute atomic E-state index is 12.5. The Morgan fingerprint density at radius 1 is 1.15 bits per heavy atom. The van der Waals surface area contributed by atoms with Crippen LogP contribution >= 0.6 is 0 Å². The summed E-state index contributed by atoms with van der Waals surface area (Å²) in [5.74, 6) is 1.84. The topological polar surface area (TPSA) is 87.4 Å². The second kappa shape index (κ2) is 7.94. The summed E-state index contributed by atoms with van der Waals surface area (Å²) in [6.45, 7) is 4.59. The van der Waals surface area contributed by atoms with Gasteiger partial charge in [0.05, 0.1) is 5.56 Å². The van der Waals surface area contributed by atoms with Crippen molar-refractivity contribution in [3.05, 3.63) is 24.2 Å². The fourth-order valence-electron chi connectivity index (χ4n) is 3.86. The van der Waals surface area contributed by atoms with Crippen LogP contribution < -0.4 is 10.2 Å². The Bertz CT molecular complexity index is 778. The van der Waals surface area contributed by atoms with Crippen LogP contribution in [0.15, 0.2) is 22.7 Å². The SMILES string of the molecule is Cc1nnc(-c2cccnc2N2CCN(C(=O)NC3CCCCC3)CC2)o1. The van der Waals surface area contributed by atoms with Gasteiger partial charge < -0.3 is 19.5 Å². The van der Waals surface area contributed by atoms with Crippen LogP contribution in [-0.4, -0.2) is 58.3 Å². The highest BCUT2D eigenvalue weighted by atomic mass is 16.4. The summed E-state index contributed by atoms with van der Waals surface area (Å²) in [4.78, 5) is 21.2. The largest absolute Gasteiger partial charge is 0.421 e. The zero-order valence-corrected chi connectivity index (χ0v) is 15.7. The molecule has 8 nitrogen and oxygen atoms in total. The number of piperazine rings is 1. The number of amides is 2. The average molecular weight is 370 g/mol. The molecule has 2 aromatic heterocycles. The van der Waals surface area contributed by atoms with E-state index in [0.717, 1.165) is 37.3 Å². The molecule has 3 heterocycles. The fraction of sp³-hybridized carbons (Fsp3) is 0.579. The third-order valence-corrected chi connectivity index (χ3v) is 5.34. The molecule has 2 amide bonds. The van der Waals surface area contributed by atoms with Crippen LogP contribution in [0.2, 0.25) is 0 Å². The summed E-state index contributed by atoms with van der Waals surface area (Å²) in [7, 11) is 0. The maximum atomic E-state index is 12.5. The number of nitrogens with zero attached hydrogens (tertiary/aromatic N) is 5. The van der Waals surface area contributed by atoms with E-state index in [4.69, 9.17) is 4.42 Å². The van der Waals surface area contributed by atoms with E-state index < -0.39 is 0 Å². The molecule has 0 atom stereocenters. The van der Waals surface area contributed by atoms with E-state index in [1.165, 1.54) is 19.3 Å². The molecule has 2 aliphatic rings. The number of pyridine rings is 1. The van der Waals surface area contributed by atoms with Crippen molar-refractivity contribution in [3.8, 4) is 11.5 Å². The normalized spacial score (nSPS) is 18.6. The van der Waals surface area contributed by atoms with Gasteiger partial charge in [0.25, 0.3) is 5.89 Å². The Labute approximate surface area is 159 Å². The smallest absolute Gasteiger partial charge is 0.317 e. The lowest BCUT2D eigenvalue weighted by Gasteiger charge is -2.37. The molecule has 1 N–H and O–H groups in total. The zero-order valence-electron chi connectivity index (χ0n) is 15.7. The zero-order chi connectivity index (χ0) is 18.6. The van der Waals surface area contributed by atoms with Crippen molar-refractivity contribution in [1.82, 2.24) is 25.4 Å². The molecule has 0 radical (unpaired) electrons. The molecule has 1 aliphatic carbocycles. The molecule has 0 aromatic carbocycles. The van der Waals surface area contributed by atoms with Gasteiger partial charge in [-0.1, -0.05) is 19.3 Å². The Kier molecular flexibility index (Phi) is 5.22. The highest BCUT2D eigenvalue weighted by molar-refractivity contribution is 5.75. The minimum atomic E-state index is 0.0651. The summed E-state index contributed by atoms with van der Waals surface area (Å²) < 4.78 is 5.58. The number of carbonyl (C=O) groups excluding carboxylic acids is 1. The van der Waals surface area contributed by atoms with Gasteiger partial charge in [-0.05, 0) is 25.0 Å². The Balaban J connectivity index is 1.39. The van der Waals surface area contributed by atoms with Gasteiger partial charge >= 0.3 is 6.03 Å². The van der Waals surface area contributed by atoms with E-state index in [1.807, 2.05) is 17.0 Å². The molecule has 144 valence electrons. The van der Waals surface area contributed by atoms with Crippen molar-refractivity contribution in [2.75, 3.05) is 31.1 Å². The monoisotopic (exact) mass is 370 g/mol. The molecule has 1 aliphatic heterocycles. The van der Waals surface area contributed by atoms with E-state index in [9.17, 15) is 4.79 Å². The van der Waals surface area contributed by atoms with Gasteiger partial charge in [0.1, 0.15) is 5.82 Å². The lowest BCUT2D eigenvalue weighted by Crippen LogP contribution is -2.54. The molecule has 2 fully saturated rings. The number of aromatic nitrogens is 3. The van der Waals surface area contributed by atoms with Crippen LogP contribution in [-0.2, 0) is 0 Å². The van der Waals surface area contributed by atoms with Crippen LogP contribution in [0.4, 0.5) is 10.6 Å². The van der Waals surface area contributed by atoms with Gasteiger partial charge in [0.2, 0.25) is 5.89 Å². The molecule has 27 heavy (non-hydrogen) atoms. The molecule has 4 rings (SSSR count). The summed E-state index contributed by atoms with van der Waals surface area (Å²) in [5, 5.41) is 11.2. The molecular weight excluding hydrogens is 344 g/mol. The van der Waals surface area contributed by atoms with Crippen molar-refractivity contribution in [3.63, 3.8) is 0 Å². The first-order valence-electron chi connectivity index (χ1n) is 9.76. The van der Waals surface area contributed by atoms with Crippen molar-refractivity contribution in [2.45, 2.75) is 45.1 Å². The number of rotatable bonds is 3. The first-order chi connectivity index (χ1) is 13.2. The first kappa shape index (κ1) is 17.8. The molecule has 0 unspecified atom stereocenters. The van der Waals surface area contributed by atoms with E-state index in [0.29, 0.717) is 30.9 Å². The van der Waals surface area contributed by atoms with Gasteiger partial charge in [0.15, 0.2) is 0 Å². The number of nitrogens with one attached hydrogen (secondary N) is 1. The predicted molar refractivity (Wildman–Crippen MR) is 101 cm³/mol. The summed E-state index contributed by atoms with van der Waals surface area (Å²) in [6, 6.07) is 4.21. The second-order valence-corrected chi connectivity index (χ2v) is 7.26. The molecule has 2 aromatic rings. The van der Waals surface area contributed by atoms with E-state index >= 15 is 0 Å². The standard InChI is InChI=1S/C19H26N6O2/c1-14-22-23-18(27-14)16-8-5-9-20-17(16)24-10-12-25(13-11-24)19(26)21-15-6-3-2-4-7-15/h5,8-9,15H,2-4,6-7,10-13H2,1H3,(H,21,26). The summed E-state index contributed by atoms with van der Waals surface area (Å²) in [5.41, 5.74) is 0.832. The first-order valence-corrected chi connectivity index (χ1v) is 9.76. The van der Waals surface area contributed by atoms with Crippen molar-refractivity contribution in [1.29, 1.82) is 0 Å². The third kappa shape index (κ3) is 4.04. The van der Waals surface area contributed by atoms with Crippen LogP contribution in [0.5, 0.6) is 0 Å². The number of hydrogen-bond acceptors (Lipinski definition) is 6. The Morgan fingerprint density at radius 2 is 1.93 bits per heavy atom. The predicted octanol–water partition coefficient (Wildman–Crippen LogP) is 2.60. The lowest BCUT2D eigenvalue weighted by atomic mass is 9.96. The summed E-state index contributed by atoms with van der Waals surface area (Å²) in [6.07, 6.45) is 7.70. The van der Waals surface area contributed by atoms with Gasteiger partial charge in [-0.3, -0.25) is 0 Å². The number of anilines is 1. The van der Waals surface area contributed by atoms with E-state index in [1.54, 1.807) is 13.1 Å². The Hall–Kier alpha value is -2.64. The molecule has 0 spiro atoms. The van der Waals surface area contributed by atoms with Crippen LogP contribution in [0.3, 0.4) is 0 Å². The number of aryl methyl sites for hydroxylation is 1. The quantitative estimate of drug-likeness (QED) is 0.894. The van der Waals surface area contributed by atoms with Gasteiger partial charge in [-0.25, -0.2) is 9.78 Å². The van der Waals surface area contributed by atoms with Gasteiger partial charge in [0, 0.05) is 45.3 Å².